The summed E-state index contributed by atoms with van der Waals surface area (Å²) in [6.07, 6.45) is 4.08. The summed E-state index contributed by atoms with van der Waals surface area (Å²) in [6, 6.07) is 0.424. The Bertz CT molecular complexity index is 423. The molecule has 19 heavy (non-hydrogen) atoms. The van der Waals surface area contributed by atoms with Crippen LogP contribution in [0.5, 0.6) is 0 Å². The van der Waals surface area contributed by atoms with E-state index in [0.29, 0.717) is 12.0 Å². The molecule has 0 bridgehead atoms. The number of fused-ring (bicyclic) bond motifs is 1. The molecule has 3 rings (SSSR count). The predicted molar refractivity (Wildman–Crippen MR) is 69.4 cm³/mol. The van der Waals surface area contributed by atoms with E-state index in [4.69, 9.17) is 4.74 Å². The van der Waals surface area contributed by atoms with Crippen molar-refractivity contribution in [3.63, 3.8) is 0 Å². The molecule has 2 fully saturated rings. The van der Waals surface area contributed by atoms with Crippen molar-refractivity contribution >= 4 is 0 Å². The molecule has 1 aromatic heterocycles. The summed E-state index contributed by atoms with van der Waals surface area (Å²) >= 11 is 0. The molecule has 2 heterocycles. The van der Waals surface area contributed by atoms with Crippen molar-refractivity contribution < 1.29 is 9.84 Å². The van der Waals surface area contributed by atoms with E-state index in [-0.39, 0.29) is 12.7 Å². The molecule has 1 saturated heterocycles. The van der Waals surface area contributed by atoms with Crippen LogP contribution in [-0.4, -0.2) is 56.7 Å². The number of rotatable bonds is 4. The average Bonchev–Trinajstić information content (AvgIpc) is 3.04. The summed E-state index contributed by atoms with van der Waals surface area (Å²) in [5, 5.41) is 17.5. The largest absolute Gasteiger partial charge is 0.396 e. The van der Waals surface area contributed by atoms with E-state index >= 15 is 0 Å². The van der Waals surface area contributed by atoms with Gasteiger partial charge in [-0.2, -0.15) is 0 Å². The van der Waals surface area contributed by atoms with Gasteiger partial charge in [0.1, 0.15) is 12.2 Å². The summed E-state index contributed by atoms with van der Waals surface area (Å²) < 4.78 is 7.93. The molecule has 0 aromatic carbocycles. The molecule has 3 atom stereocenters. The number of hydrogen-bond acceptors (Lipinski definition) is 5. The van der Waals surface area contributed by atoms with Gasteiger partial charge in [-0.05, 0) is 25.7 Å². The Balaban J connectivity index is 1.70. The molecular formula is C13H22N4O2. The topological polar surface area (TPSA) is 63.4 Å². The van der Waals surface area contributed by atoms with E-state index in [1.165, 1.54) is 0 Å². The average molecular weight is 266 g/mol. The highest BCUT2D eigenvalue weighted by Gasteiger charge is 2.40. The number of nitrogens with zero attached hydrogens (tertiary/aromatic N) is 4. The zero-order valence-electron chi connectivity index (χ0n) is 11.4. The lowest BCUT2D eigenvalue weighted by Crippen LogP contribution is -2.48. The Morgan fingerprint density at radius 2 is 2.37 bits per heavy atom. The minimum Gasteiger partial charge on any atom is -0.396 e. The maximum absolute atomic E-state index is 9.34. The number of ether oxygens (including phenoxy) is 1. The molecule has 1 saturated carbocycles. The van der Waals surface area contributed by atoms with E-state index in [9.17, 15) is 5.11 Å². The minimum atomic E-state index is 0.273. The van der Waals surface area contributed by atoms with Crippen molar-refractivity contribution in [2.75, 3.05) is 19.8 Å². The standard InChI is InChI=1S/C13H22N4O2/c1-2-16-9-14-15-13(16)7-17-3-4-19-12-6-10(8-18)5-11(12)17/h9-12,18H,2-8H2,1H3/t10-,11+,12?/m1/s1. The minimum absolute atomic E-state index is 0.273. The fraction of sp³-hybridized carbons (Fsp3) is 0.846. The second kappa shape index (κ2) is 5.56. The first-order chi connectivity index (χ1) is 9.31. The van der Waals surface area contributed by atoms with E-state index in [0.717, 1.165) is 44.9 Å². The van der Waals surface area contributed by atoms with E-state index < -0.39 is 0 Å². The van der Waals surface area contributed by atoms with Crippen LogP contribution in [0.3, 0.4) is 0 Å². The number of aliphatic hydroxyl groups is 1. The van der Waals surface area contributed by atoms with Crippen LogP contribution in [0, 0.1) is 5.92 Å². The third kappa shape index (κ3) is 2.52. The van der Waals surface area contributed by atoms with Crippen LogP contribution in [0.4, 0.5) is 0 Å². The molecule has 1 aliphatic heterocycles. The van der Waals surface area contributed by atoms with Crippen LogP contribution in [-0.2, 0) is 17.8 Å². The molecule has 1 aliphatic carbocycles. The van der Waals surface area contributed by atoms with Crippen molar-refractivity contribution in [3.05, 3.63) is 12.2 Å². The number of aryl methyl sites for hydroxylation is 1. The number of aromatic nitrogens is 3. The Kier molecular flexibility index (Phi) is 3.81. The number of morpholine rings is 1. The van der Waals surface area contributed by atoms with Crippen molar-refractivity contribution in [3.8, 4) is 0 Å². The highest BCUT2D eigenvalue weighted by atomic mass is 16.5. The van der Waals surface area contributed by atoms with Gasteiger partial charge >= 0.3 is 0 Å². The summed E-state index contributed by atoms with van der Waals surface area (Å²) in [5.41, 5.74) is 0. The Hall–Kier alpha value is -0.980. The molecule has 2 aliphatic rings. The van der Waals surface area contributed by atoms with Crippen LogP contribution < -0.4 is 0 Å². The van der Waals surface area contributed by atoms with Gasteiger partial charge in [0.05, 0.1) is 19.3 Å². The fourth-order valence-corrected chi connectivity index (χ4v) is 3.32. The molecule has 1 aromatic rings. The Labute approximate surface area is 113 Å². The molecule has 1 unspecified atom stereocenters. The van der Waals surface area contributed by atoms with Crippen LogP contribution in [0.15, 0.2) is 6.33 Å². The van der Waals surface area contributed by atoms with Crippen LogP contribution >= 0.6 is 0 Å². The number of hydrogen-bond donors (Lipinski definition) is 1. The molecule has 106 valence electrons. The summed E-state index contributed by atoms with van der Waals surface area (Å²) in [7, 11) is 0. The number of aliphatic hydroxyl groups excluding tert-OH is 1. The molecule has 6 nitrogen and oxygen atoms in total. The SMILES string of the molecule is CCn1cnnc1CN1CCOC2C[C@H](CO)C[C@@H]21. The van der Waals surface area contributed by atoms with Gasteiger partial charge in [0, 0.05) is 25.7 Å². The third-order valence-corrected chi connectivity index (χ3v) is 4.39. The van der Waals surface area contributed by atoms with Crippen molar-refractivity contribution in [2.24, 2.45) is 5.92 Å². The monoisotopic (exact) mass is 266 g/mol. The Morgan fingerprint density at radius 3 is 3.16 bits per heavy atom. The maximum Gasteiger partial charge on any atom is 0.147 e. The van der Waals surface area contributed by atoms with Gasteiger partial charge in [-0.15, -0.1) is 10.2 Å². The normalized spacial score (nSPS) is 31.6. The van der Waals surface area contributed by atoms with Crippen molar-refractivity contribution in [2.45, 2.75) is 45.0 Å². The van der Waals surface area contributed by atoms with Gasteiger partial charge < -0.3 is 14.4 Å². The smallest absolute Gasteiger partial charge is 0.147 e. The molecule has 0 amide bonds. The summed E-state index contributed by atoms with van der Waals surface area (Å²) in [4.78, 5) is 2.44. The van der Waals surface area contributed by atoms with Gasteiger partial charge in [-0.25, -0.2) is 0 Å². The summed E-state index contributed by atoms with van der Waals surface area (Å²) in [5.74, 6) is 1.41. The van der Waals surface area contributed by atoms with Crippen molar-refractivity contribution in [1.82, 2.24) is 19.7 Å². The quantitative estimate of drug-likeness (QED) is 0.847. The lowest BCUT2D eigenvalue weighted by atomic mass is 10.1. The van der Waals surface area contributed by atoms with Gasteiger partial charge in [0.15, 0.2) is 0 Å². The first kappa shape index (κ1) is 13.0. The van der Waals surface area contributed by atoms with Gasteiger partial charge in [0.25, 0.3) is 0 Å². The molecule has 6 heteroatoms. The second-order valence-corrected chi connectivity index (χ2v) is 5.50. The zero-order chi connectivity index (χ0) is 13.2. The van der Waals surface area contributed by atoms with Gasteiger partial charge in [-0.1, -0.05) is 0 Å². The van der Waals surface area contributed by atoms with Crippen LogP contribution in [0.1, 0.15) is 25.6 Å². The van der Waals surface area contributed by atoms with E-state index in [2.05, 4.69) is 26.6 Å². The molecule has 0 radical (unpaired) electrons. The first-order valence-electron chi connectivity index (χ1n) is 7.15. The highest BCUT2D eigenvalue weighted by molar-refractivity contribution is 4.96. The van der Waals surface area contributed by atoms with Crippen LogP contribution in [0.25, 0.3) is 0 Å². The molecule has 1 N–H and O–H groups in total. The predicted octanol–water partition coefficient (Wildman–Crippen LogP) is 0.270. The lowest BCUT2D eigenvalue weighted by molar-refractivity contribution is -0.0601. The second-order valence-electron chi connectivity index (χ2n) is 5.50. The van der Waals surface area contributed by atoms with Gasteiger partial charge in [-0.3, -0.25) is 4.90 Å². The fourth-order valence-electron chi connectivity index (χ4n) is 3.32. The summed E-state index contributed by atoms with van der Waals surface area (Å²) in [6.45, 7) is 5.83. The molecular weight excluding hydrogens is 244 g/mol. The van der Waals surface area contributed by atoms with Gasteiger partial charge in [0.2, 0.25) is 0 Å². The third-order valence-electron chi connectivity index (χ3n) is 4.39. The lowest BCUT2D eigenvalue weighted by Gasteiger charge is -2.37. The van der Waals surface area contributed by atoms with Crippen molar-refractivity contribution in [1.29, 1.82) is 0 Å². The first-order valence-corrected chi connectivity index (χ1v) is 7.15. The van der Waals surface area contributed by atoms with E-state index in [1.54, 1.807) is 6.33 Å². The van der Waals surface area contributed by atoms with E-state index in [1.807, 2.05) is 0 Å². The zero-order valence-corrected chi connectivity index (χ0v) is 11.4. The molecule has 0 spiro atoms. The highest BCUT2D eigenvalue weighted by Crippen LogP contribution is 2.34. The maximum atomic E-state index is 9.34. The van der Waals surface area contributed by atoms with Crippen LogP contribution in [0.2, 0.25) is 0 Å². The Morgan fingerprint density at radius 1 is 1.47 bits per heavy atom.